The van der Waals surface area contributed by atoms with Gasteiger partial charge in [-0.3, -0.25) is 4.99 Å². The number of rotatable bonds is 1. The van der Waals surface area contributed by atoms with Crippen molar-refractivity contribution in [1.82, 2.24) is 4.90 Å². The van der Waals surface area contributed by atoms with Crippen LogP contribution in [-0.2, 0) is 4.74 Å². The van der Waals surface area contributed by atoms with Crippen LogP contribution < -0.4 is 0 Å². The number of thioether (sulfide) groups is 1. The van der Waals surface area contributed by atoms with E-state index in [1.165, 1.54) is 6.42 Å². The molecule has 3 aliphatic rings. The van der Waals surface area contributed by atoms with Crippen LogP contribution in [0, 0.1) is 0 Å². The molecule has 0 amide bonds. The van der Waals surface area contributed by atoms with E-state index in [-0.39, 0.29) is 18.1 Å². The van der Waals surface area contributed by atoms with E-state index in [1.807, 2.05) is 0 Å². The Bertz CT molecular complexity index is 308. The van der Waals surface area contributed by atoms with E-state index in [0.29, 0.717) is 6.42 Å². The van der Waals surface area contributed by atoms with Gasteiger partial charge >= 0.3 is 0 Å². The number of aliphatic hydroxyl groups is 2. The fourth-order valence-electron chi connectivity index (χ4n) is 2.19. The van der Waals surface area contributed by atoms with Crippen molar-refractivity contribution in [2.75, 3.05) is 19.7 Å². The average Bonchev–Trinajstić information content (AvgIpc) is 2.55. The topological polar surface area (TPSA) is 65.3 Å². The van der Waals surface area contributed by atoms with Gasteiger partial charge in [-0.15, -0.1) is 0 Å². The number of likely N-dealkylation sites (tertiary alicyclic amines) is 1. The summed E-state index contributed by atoms with van der Waals surface area (Å²) in [5.74, 6) is 0. The van der Waals surface area contributed by atoms with E-state index in [4.69, 9.17) is 9.84 Å². The molecule has 5 nitrogen and oxygen atoms in total. The van der Waals surface area contributed by atoms with Crippen molar-refractivity contribution in [3.63, 3.8) is 0 Å². The van der Waals surface area contributed by atoms with E-state index >= 15 is 0 Å². The molecule has 0 saturated carbocycles. The lowest BCUT2D eigenvalue weighted by atomic mass is 10.0. The predicted octanol–water partition coefficient (Wildman–Crippen LogP) is -0.368. The first kappa shape index (κ1) is 10.8. The molecule has 3 aliphatic heterocycles. The Morgan fingerprint density at radius 2 is 2.31 bits per heavy atom. The highest BCUT2D eigenvalue weighted by Gasteiger charge is 2.43. The summed E-state index contributed by atoms with van der Waals surface area (Å²) >= 11 is 1.63. The number of amidine groups is 1. The van der Waals surface area contributed by atoms with Crippen molar-refractivity contribution in [2.24, 2.45) is 4.99 Å². The number of hydrogen-bond donors (Lipinski definition) is 2. The Hall–Kier alpha value is -0.300. The van der Waals surface area contributed by atoms with Crippen LogP contribution in [-0.4, -0.2) is 63.7 Å². The highest BCUT2D eigenvalue weighted by atomic mass is 32.2. The van der Waals surface area contributed by atoms with Gasteiger partial charge < -0.3 is 19.8 Å². The Morgan fingerprint density at radius 3 is 2.94 bits per heavy atom. The molecule has 2 N–H and O–H groups in total. The lowest BCUT2D eigenvalue weighted by Crippen LogP contribution is -2.45. The van der Waals surface area contributed by atoms with Gasteiger partial charge in [-0.1, -0.05) is 11.8 Å². The van der Waals surface area contributed by atoms with Crippen LogP contribution in [0.15, 0.2) is 4.99 Å². The Balaban J connectivity index is 1.67. The van der Waals surface area contributed by atoms with Gasteiger partial charge in [0.15, 0.2) is 5.17 Å². The van der Waals surface area contributed by atoms with Gasteiger partial charge in [0, 0.05) is 19.5 Å². The van der Waals surface area contributed by atoms with Gasteiger partial charge in [-0.25, -0.2) is 0 Å². The third kappa shape index (κ3) is 1.73. The maximum Gasteiger partial charge on any atom is 0.162 e. The van der Waals surface area contributed by atoms with Crippen LogP contribution in [0.2, 0.25) is 0 Å². The van der Waals surface area contributed by atoms with Gasteiger partial charge in [0.2, 0.25) is 0 Å². The van der Waals surface area contributed by atoms with Gasteiger partial charge in [-0.05, 0) is 6.42 Å². The molecule has 2 fully saturated rings. The first-order valence-corrected chi connectivity index (χ1v) is 6.59. The third-order valence-electron chi connectivity index (χ3n) is 3.34. The average molecular weight is 244 g/mol. The smallest absolute Gasteiger partial charge is 0.162 e. The molecule has 0 unspecified atom stereocenters. The van der Waals surface area contributed by atoms with E-state index < -0.39 is 12.2 Å². The summed E-state index contributed by atoms with van der Waals surface area (Å²) in [5.41, 5.74) is -0.0175. The standard InChI is InChI=1S/C10H16N2O3S/c13-5-8-7(14)4-6-9(15-8)16-10(11-6)12-2-1-3-12/h6-9,13-14H,1-5H2/t6-,7+,8-,9-/m1/s1. The first-order valence-electron chi connectivity index (χ1n) is 5.71. The molecule has 90 valence electrons. The number of aliphatic hydroxyl groups excluding tert-OH is 2. The second-order valence-corrected chi connectivity index (χ2v) is 5.53. The molecular weight excluding hydrogens is 228 g/mol. The largest absolute Gasteiger partial charge is 0.394 e. The SMILES string of the molecule is OC[C@H]1O[C@@H]2SC(N3CCC3)=N[C@@H]2C[C@@H]1O. The second-order valence-electron chi connectivity index (χ2n) is 4.47. The van der Waals surface area contributed by atoms with E-state index in [1.54, 1.807) is 11.8 Å². The molecule has 0 aromatic rings. The van der Waals surface area contributed by atoms with Crippen LogP contribution in [0.1, 0.15) is 12.8 Å². The zero-order chi connectivity index (χ0) is 11.1. The monoisotopic (exact) mass is 244 g/mol. The molecule has 3 rings (SSSR count). The molecule has 0 aromatic heterocycles. The lowest BCUT2D eigenvalue weighted by molar-refractivity contribution is -0.111. The summed E-state index contributed by atoms with van der Waals surface area (Å²) in [5, 5.41) is 19.9. The lowest BCUT2D eigenvalue weighted by Gasteiger charge is -2.34. The van der Waals surface area contributed by atoms with Crippen molar-refractivity contribution in [3.8, 4) is 0 Å². The quantitative estimate of drug-likeness (QED) is 0.659. The minimum absolute atomic E-state index is 0.0175. The number of aliphatic imine (C=N–C) groups is 1. The fourth-order valence-corrected chi connectivity index (χ4v) is 3.45. The summed E-state index contributed by atoms with van der Waals surface area (Å²) in [6.45, 7) is 2.04. The molecule has 0 aliphatic carbocycles. The second kappa shape index (κ2) is 4.18. The molecule has 0 bridgehead atoms. The molecule has 0 aromatic carbocycles. The van der Waals surface area contributed by atoms with Crippen molar-refractivity contribution < 1.29 is 14.9 Å². The van der Waals surface area contributed by atoms with Crippen molar-refractivity contribution in [2.45, 2.75) is 36.5 Å². The molecule has 6 heteroatoms. The predicted molar refractivity (Wildman–Crippen MR) is 61.4 cm³/mol. The molecule has 2 saturated heterocycles. The van der Waals surface area contributed by atoms with E-state index in [0.717, 1.165) is 18.3 Å². The maximum absolute atomic E-state index is 9.73. The molecule has 0 spiro atoms. The zero-order valence-corrected chi connectivity index (χ0v) is 9.77. The minimum Gasteiger partial charge on any atom is -0.394 e. The number of ether oxygens (including phenoxy) is 1. The van der Waals surface area contributed by atoms with Gasteiger partial charge in [0.05, 0.1) is 18.8 Å². The van der Waals surface area contributed by atoms with Crippen LogP contribution in [0.25, 0.3) is 0 Å². The summed E-state index contributed by atoms with van der Waals surface area (Å²) in [4.78, 5) is 6.83. The Kier molecular flexibility index (Phi) is 2.83. The molecule has 0 radical (unpaired) electrons. The normalized spacial score (nSPS) is 42.6. The highest BCUT2D eigenvalue weighted by molar-refractivity contribution is 8.14. The van der Waals surface area contributed by atoms with Crippen LogP contribution >= 0.6 is 11.8 Å². The molecular formula is C10H16N2O3S. The van der Waals surface area contributed by atoms with Crippen LogP contribution in [0.4, 0.5) is 0 Å². The van der Waals surface area contributed by atoms with Crippen molar-refractivity contribution in [1.29, 1.82) is 0 Å². The summed E-state index contributed by atoms with van der Waals surface area (Å²) in [6, 6.07) is 0.0541. The fraction of sp³-hybridized carbons (Fsp3) is 0.900. The minimum atomic E-state index is -0.591. The van der Waals surface area contributed by atoms with Gasteiger partial charge in [0.25, 0.3) is 0 Å². The van der Waals surface area contributed by atoms with Gasteiger partial charge in [-0.2, -0.15) is 0 Å². The van der Waals surface area contributed by atoms with E-state index in [2.05, 4.69) is 9.89 Å². The summed E-state index contributed by atoms with van der Waals surface area (Å²) in [7, 11) is 0. The zero-order valence-electron chi connectivity index (χ0n) is 8.95. The third-order valence-corrected chi connectivity index (χ3v) is 4.57. The van der Waals surface area contributed by atoms with E-state index in [9.17, 15) is 5.11 Å². The van der Waals surface area contributed by atoms with Crippen LogP contribution in [0.5, 0.6) is 0 Å². The van der Waals surface area contributed by atoms with Crippen molar-refractivity contribution >= 4 is 16.9 Å². The Labute approximate surface area is 98.5 Å². The highest BCUT2D eigenvalue weighted by Crippen LogP contribution is 2.37. The number of nitrogens with zero attached hydrogens (tertiary/aromatic N) is 2. The molecule has 16 heavy (non-hydrogen) atoms. The number of hydrogen-bond acceptors (Lipinski definition) is 6. The van der Waals surface area contributed by atoms with Crippen LogP contribution in [0.3, 0.4) is 0 Å². The summed E-state index contributed by atoms with van der Waals surface area (Å²) < 4.78 is 5.64. The number of fused-ring (bicyclic) bond motifs is 1. The maximum atomic E-state index is 9.73. The summed E-state index contributed by atoms with van der Waals surface area (Å²) in [6.07, 6.45) is 0.795. The van der Waals surface area contributed by atoms with Crippen molar-refractivity contribution in [3.05, 3.63) is 0 Å². The van der Waals surface area contributed by atoms with Gasteiger partial charge in [0.1, 0.15) is 11.5 Å². The molecule has 3 heterocycles. The first-order chi connectivity index (χ1) is 7.78. The molecule has 4 atom stereocenters. The Morgan fingerprint density at radius 1 is 1.50 bits per heavy atom.